The topological polar surface area (TPSA) is 71.1 Å². The van der Waals surface area contributed by atoms with E-state index in [9.17, 15) is 9.59 Å². The number of benzene rings is 1. The summed E-state index contributed by atoms with van der Waals surface area (Å²) >= 11 is 0. The number of hydrogen-bond acceptors (Lipinski definition) is 3. The van der Waals surface area contributed by atoms with Crippen LogP contribution in [0.25, 0.3) is 0 Å². The zero-order valence-electron chi connectivity index (χ0n) is 15.2. The lowest BCUT2D eigenvalue weighted by molar-refractivity contribution is 0.0948. The molecule has 2 N–H and O–H groups in total. The van der Waals surface area contributed by atoms with Crippen LogP contribution in [-0.2, 0) is 5.41 Å². The lowest BCUT2D eigenvalue weighted by atomic mass is 9.86. The zero-order valence-corrected chi connectivity index (χ0v) is 15.2. The van der Waals surface area contributed by atoms with Gasteiger partial charge >= 0.3 is 0 Å². The molecule has 0 saturated heterocycles. The molecule has 1 heterocycles. The predicted octanol–water partition coefficient (Wildman–Crippen LogP) is 3.77. The predicted molar refractivity (Wildman–Crippen MR) is 100.0 cm³/mol. The van der Waals surface area contributed by atoms with E-state index in [4.69, 9.17) is 0 Å². The number of carbonyl (C=O) groups is 2. The Bertz CT molecular complexity index is 764. The average molecular weight is 339 g/mol. The minimum Gasteiger partial charge on any atom is -0.351 e. The lowest BCUT2D eigenvalue weighted by Gasteiger charge is -2.23. The molecule has 0 aliphatic heterocycles. The van der Waals surface area contributed by atoms with Gasteiger partial charge in [-0.2, -0.15) is 0 Å². The first-order valence-corrected chi connectivity index (χ1v) is 8.48. The smallest absolute Gasteiger partial charge is 0.269 e. The maximum Gasteiger partial charge on any atom is 0.269 e. The SMILES string of the molecule is CCCNC(=O)c1cc(C(=O)Nc2ccccc2C(C)(C)C)ccn1. The minimum atomic E-state index is -0.272. The number of amides is 2. The van der Waals surface area contributed by atoms with Crippen molar-refractivity contribution in [3.63, 3.8) is 0 Å². The van der Waals surface area contributed by atoms with Crippen LogP contribution >= 0.6 is 0 Å². The van der Waals surface area contributed by atoms with Gasteiger partial charge in [-0.25, -0.2) is 0 Å². The third-order valence-electron chi connectivity index (χ3n) is 3.77. The summed E-state index contributed by atoms with van der Waals surface area (Å²) in [5, 5.41) is 5.70. The first kappa shape index (κ1) is 18.6. The Morgan fingerprint density at radius 1 is 1.08 bits per heavy atom. The fourth-order valence-electron chi connectivity index (χ4n) is 2.47. The molecule has 25 heavy (non-hydrogen) atoms. The highest BCUT2D eigenvalue weighted by Crippen LogP contribution is 2.29. The Labute approximate surface area is 148 Å². The number of aromatic nitrogens is 1. The van der Waals surface area contributed by atoms with E-state index < -0.39 is 0 Å². The molecule has 0 fully saturated rings. The van der Waals surface area contributed by atoms with Crippen molar-refractivity contribution in [2.75, 3.05) is 11.9 Å². The van der Waals surface area contributed by atoms with E-state index in [-0.39, 0.29) is 22.9 Å². The molecule has 5 nitrogen and oxygen atoms in total. The molecule has 0 saturated carbocycles. The number of para-hydroxylation sites is 1. The minimum absolute atomic E-state index is 0.0900. The molecule has 0 radical (unpaired) electrons. The summed E-state index contributed by atoms with van der Waals surface area (Å²) in [6, 6.07) is 10.9. The Hall–Kier alpha value is -2.69. The number of nitrogens with zero attached hydrogens (tertiary/aromatic N) is 1. The van der Waals surface area contributed by atoms with E-state index >= 15 is 0 Å². The molecule has 0 aliphatic carbocycles. The molecular weight excluding hydrogens is 314 g/mol. The molecule has 2 rings (SSSR count). The van der Waals surface area contributed by atoms with Crippen molar-refractivity contribution in [2.45, 2.75) is 39.5 Å². The van der Waals surface area contributed by atoms with Crippen LogP contribution in [0.3, 0.4) is 0 Å². The Balaban J connectivity index is 2.21. The third-order valence-corrected chi connectivity index (χ3v) is 3.77. The van der Waals surface area contributed by atoms with Crippen molar-refractivity contribution in [3.8, 4) is 0 Å². The number of pyridine rings is 1. The summed E-state index contributed by atoms with van der Waals surface area (Å²) in [5.74, 6) is -0.532. The van der Waals surface area contributed by atoms with Gasteiger partial charge in [-0.15, -0.1) is 0 Å². The second-order valence-corrected chi connectivity index (χ2v) is 6.94. The highest BCUT2D eigenvalue weighted by atomic mass is 16.2. The summed E-state index contributed by atoms with van der Waals surface area (Å²) in [6.45, 7) is 8.85. The molecule has 0 aliphatic rings. The van der Waals surface area contributed by atoms with Crippen LogP contribution in [-0.4, -0.2) is 23.3 Å². The Morgan fingerprint density at radius 3 is 2.48 bits per heavy atom. The second-order valence-electron chi connectivity index (χ2n) is 6.94. The van der Waals surface area contributed by atoms with E-state index in [1.807, 2.05) is 31.2 Å². The van der Waals surface area contributed by atoms with Crippen LogP contribution in [0.4, 0.5) is 5.69 Å². The molecule has 5 heteroatoms. The van der Waals surface area contributed by atoms with Crippen molar-refractivity contribution in [3.05, 3.63) is 59.4 Å². The van der Waals surface area contributed by atoms with Gasteiger partial charge in [-0.05, 0) is 35.6 Å². The van der Waals surface area contributed by atoms with E-state index in [0.717, 1.165) is 17.7 Å². The van der Waals surface area contributed by atoms with Crippen LogP contribution in [0.15, 0.2) is 42.6 Å². The standard InChI is InChI=1S/C20H25N3O2/c1-5-11-22-19(25)17-13-14(10-12-21-17)18(24)23-16-9-7-6-8-15(16)20(2,3)4/h6-10,12-13H,5,11H2,1-4H3,(H,22,25)(H,23,24). The second kappa shape index (κ2) is 7.92. The quantitative estimate of drug-likeness (QED) is 0.871. The molecule has 2 amide bonds. The lowest BCUT2D eigenvalue weighted by Crippen LogP contribution is -2.25. The first-order chi connectivity index (χ1) is 11.8. The number of carbonyl (C=O) groups excluding carboxylic acids is 2. The van der Waals surface area contributed by atoms with E-state index in [0.29, 0.717) is 12.1 Å². The van der Waals surface area contributed by atoms with Gasteiger partial charge in [0.2, 0.25) is 0 Å². The van der Waals surface area contributed by atoms with Crippen molar-refractivity contribution in [1.82, 2.24) is 10.3 Å². The Morgan fingerprint density at radius 2 is 1.80 bits per heavy atom. The van der Waals surface area contributed by atoms with Crippen molar-refractivity contribution >= 4 is 17.5 Å². The third kappa shape index (κ3) is 4.89. The first-order valence-electron chi connectivity index (χ1n) is 8.48. The van der Waals surface area contributed by atoms with Crippen molar-refractivity contribution in [1.29, 1.82) is 0 Å². The highest BCUT2D eigenvalue weighted by molar-refractivity contribution is 6.06. The Kier molecular flexibility index (Phi) is 5.91. The van der Waals surface area contributed by atoms with E-state index in [1.165, 1.54) is 12.3 Å². The molecule has 0 unspecified atom stereocenters. The summed E-state index contributed by atoms with van der Waals surface area (Å²) in [7, 11) is 0. The van der Waals surface area contributed by atoms with Gasteiger partial charge in [0.15, 0.2) is 0 Å². The fraction of sp³-hybridized carbons (Fsp3) is 0.350. The molecule has 2 aromatic rings. The van der Waals surface area contributed by atoms with Crippen LogP contribution in [0.5, 0.6) is 0 Å². The maximum atomic E-state index is 12.6. The molecule has 1 aromatic heterocycles. The van der Waals surface area contributed by atoms with Crippen molar-refractivity contribution < 1.29 is 9.59 Å². The maximum absolute atomic E-state index is 12.6. The molecular formula is C20H25N3O2. The number of nitrogens with one attached hydrogen (secondary N) is 2. The van der Waals surface area contributed by atoms with Gasteiger partial charge in [0, 0.05) is 24.0 Å². The van der Waals surface area contributed by atoms with Gasteiger partial charge in [0.1, 0.15) is 5.69 Å². The van der Waals surface area contributed by atoms with Gasteiger partial charge in [-0.3, -0.25) is 14.6 Å². The van der Waals surface area contributed by atoms with Crippen LogP contribution in [0.1, 0.15) is 60.5 Å². The molecule has 1 aromatic carbocycles. The van der Waals surface area contributed by atoms with Gasteiger partial charge in [0.05, 0.1) is 0 Å². The van der Waals surface area contributed by atoms with E-state index in [1.54, 1.807) is 6.07 Å². The zero-order chi connectivity index (χ0) is 18.4. The van der Waals surface area contributed by atoms with Crippen LogP contribution in [0, 0.1) is 0 Å². The van der Waals surface area contributed by atoms with Gasteiger partial charge in [-0.1, -0.05) is 45.9 Å². The molecule has 0 spiro atoms. The monoisotopic (exact) mass is 339 g/mol. The number of anilines is 1. The number of hydrogen-bond donors (Lipinski definition) is 2. The average Bonchev–Trinajstić information content (AvgIpc) is 2.59. The van der Waals surface area contributed by atoms with Gasteiger partial charge in [0.25, 0.3) is 11.8 Å². The molecule has 0 bridgehead atoms. The van der Waals surface area contributed by atoms with E-state index in [2.05, 4.69) is 36.4 Å². The van der Waals surface area contributed by atoms with Crippen LogP contribution in [0.2, 0.25) is 0 Å². The van der Waals surface area contributed by atoms with Crippen molar-refractivity contribution in [2.24, 2.45) is 0 Å². The van der Waals surface area contributed by atoms with Gasteiger partial charge < -0.3 is 10.6 Å². The summed E-state index contributed by atoms with van der Waals surface area (Å²) in [4.78, 5) is 28.7. The molecule has 132 valence electrons. The summed E-state index contributed by atoms with van der Waals surface area (Å²) in [6.07, 6.45) is 2.32. The fourth-order valence-corrected chi connectivity index (χ4v) is 2.47. The van der Waals surface area contributed by atoms with Crippen LogP contribution < -0.4 is 10.6 Å². The highest BCUT2D eigenvalue weighted by Gasteiger charge is 2.19. The summed E-state index contributed by atoms with van der Waals surface area (Å²) < 4.78 is 0. The largest absolute Gasteiger partial charge is 0.351 e. The normalized spacial score (nSPS) is 11.0. The molecule has 0 atom stereocenters. The number of rotatable bonds is 5. The summed E-state index contributed by atoms with van der Waals surface area (Å²) in [5.41, 5.74) is 2.38.